The summed E-state index contributed by atoms with van der Waals surface area (Å²) in [5, 5.41) is 1.13. The first kappa shape index (κ1) is 19.7. The van der Waals surface area contributed by atoms with Gasteiger partial charge in [-0.25, -0.2) is 4.98 Å². The van der Waals surface area contributed by atoms with Gasteiger partial charge in [-0.1, -0.05) is 49.0 Å². The quantitative estimate of drug-likeness (QED) is 0.416. The highest BCUT2D eigenvalue weighted by Gasteiger charge is 2.26. The molecular weight excluding hydrogens is 382 g/mol. The third-order valence-electron chi connectivity index (χ3n) is 5.11. The summed E-state index contributed by atoms with van der Waals surface area (Å²) in [5.41, 5.74) is 1.30. The number of carbonyl (C=O) groups excluding carboxylic acids is 1. The molecule has 1 fully saturated rings. The Hall–Kier alpha value is -2.60. The number of aromatic nitrogens is 2. The van der Waals surface area contributed by atoms with E-state index in [4.69, 9.17) is 4.98 Å². The SMILES string of the molecule is CCCN(CC1CC1)C(=O)CSc1nc2ccccc2c(=O)n1-c1ccccc1. The van der Waals surface area contributed by atoms with E-state index in [-0.39, 0.29) is 17.2 Å². The smallest absolute Gasteiger partial charge is 0.266 e. The summed E-state index contributed by atoms with van der Waals surface area (Å²) in [6.07, 6.45) is 3.40. The van der Waals surface area contributed by atoms with Crippen molar-refractivity contribution in [2.45, 2.75) is 31.3 Å². The highest BCUT2D eigenvalue weighted by Crippen LogP contribution is 2.30. The van der Waals surface area contributed by atoms with Gasteiger partial charge in [0.15, 0.2) is 5.16 Å². The molecule has 2 aromatic carbocycles. The van der Waals surface area contributed by atoms with Gasteiger partial charge in [-0.2, -0.15) is 0 Å². The number of amides is 1. The van der Waals surface area contributed by atoms with E-state index < -0.39 is 0 Å². The Balaban J connectivity index is 1.65. The highest BCUT2D eigenvalue weighted by atomic mass is 32.2. The Bertz CT molecular complexity index is 1060. The van der Waals surface area contributed by atoms with Crippen molar-refractivity contribution in [1.82, 2.24) is 14.5 Å². The van der Waals surface area contributed by atoms with E-state index in [2.05, 4.69) is 6.92 Å². The van der Waals surface area contributed by atoms with Crippen LogP contribution in [0.3, 0.4) is 0 Å². The molecule has 0 atom stereocenters. The molecule has 5 nitrogen and oxygen atoms in total. The Morgan fingerprint density at radius 3 is 2.59 bits per heavy atom. The predicted octanol–water partition coefficient (Wildman–Crippen LogP) is 4.13. The van der Waals surface area contributed by atoms with Gasteiger partial charge >= 0.3 is 0 Å². The fraction of sp³-hybridized carbons (Fsp3) is 0.348. The second kappa shape index (κ2) is 8.82. The van der Waals surface area contributed by atoms with Crippen LogP contribution < -0.4 is 5.56 Å². The molecule has 1 aliphatic carbocycles. The standard InChI is InChI=1S/C23H25N3O2S/c1-2-14-25(15-17-12-13-17)21(27)16-29-23-24-20-11-7-6-10-19(20)22(28)26(23)18-8-4-3-5-9-18/h3-11,17H,2,12-16H2,1H3. The van der Waals surface area contributed by atoms with Crippen LogP contribution in [0, 0.1) is 5.92 Å². The Labute approximate surface area is 174 Å². The van der Waals surface area contributed by atoms with Crippen LogP contribution in [-0.2, 0) is 4.79 Å². The maximum absolute atomic E-state index is 13.2. The lowest BCUT2D eigenvalue weighted by molar-refractivity contribution is -0.128. The summed E-state index contributed by atoms with van der Waals surface area (Å²) in [6, 6.07) is 16.8. The number of hydrogen-bond donors (Lipinski definition) is 0. The van der Waals surface area contributed by atoms with Crippen molar-refractivity contribution in [2.24, 2.45) is 5.92 Å². The fourth-order valence-electron chi connectivity index (χ4n) is 3.43. The van der Waals surface area contributed by atoms with Crippen LogP contribution >= 0.6 is 11.8 Å². The van der Waals surface area contributed by atoms with E-state index >= 15 is 0 Å². The van der Waals surface area contributed by atoms with Gasteiger partial charge in [0.2, 0.25) is 5.91 Å². The van der Waals surface area contributed by atoms with Gasteiger partial charge < -0.3 is 4.90 Å². The Morgan fingerprint density at radius 2 is 1.86 bits per heavy atom. The lowest BCUT2D eigenvalue weighted by Gasteiger charge is -2.22. The van der Waals surface area contributed by atoms with Crippen molar-refractivity contribution < 1.29 is 4.79 Å². The summed E-state index contributed by atoms with van der Waals surface area (Å²) in [4.78, 5) is 32.7. The van der Waals surface area contributed by atoms with E-state index in [9.17, 15) is 9.59 Å². The number of nitrogens with zero attached hydrogens (tertiary/aromatic N) is 3. The lowest BCUT2D eigenvalue weighted by Crippen LogP contribution is -2.35. The zero-order valence-electron chi connectivity index (χ0n) is 16.6. The predicted molar refractivity (Wildman–Crippen MR) is 118 cm³/mol. The van der Waals surface area contributed by atoms with Crippen LogP contribution in [0.25, 0.3) is 16.6 Å². The maximum atomic E-state index is 13.2. The van der Waals surface area contributed by atoms with E-state index in [1.807, 2.05) is 53.4 Å². The molecule has 0 spiro atoms. The minimum atomic E-state index is -0.111. The molecule has 3 aromatic rings. The van der Waals surface area contributed by atoms with Crippen molar-refractivity contribution in [3.05, 3.63) is 65.0 Å². The Morgan fingerprint density at radius 1 is 1.14 bits per heavy atom. The molecule has 1 heterocycles. The van der Waals surface area contributed by atoms with Crippen LogP contribution in [0.15, 0.2) is 64.5 Å². The van der Waals surface area contributed by atoms with E-state index in [1.165, 1.54) is 24.6 Å². The normalized spacial score (nSPS) is 13.6. The molecule has 1 aliphatic rings. The summed E-state index contributed by atoms with van der Waals surface area (Å²) in [5.74, 6) is 1.06. The van der Waals surface area contributed by atoms with Gasteiger partial charge in [0.25, 0.3) is 5.56 Å². The first-order chi connectivity index (χ1) is 14.2. The molecule has 0 N–H and O–H groups in total. The van der Waals surface area contributed by atoms with Crippen molar-refractivity contribution in [3.63, 3.8) is 0 Å². The average Bonchev–Trinajstić information content (AvgIpc) is 3.56. The zero-order valence-corrected chi connectivity index (χ0v) is 17.4. The van der Waals surface area contributed by atoms with Crippen molar-refractivity contribution >= 4 is 28.6 Å². The Kier molecular flexibility index (Phi) is 6.00. The van der Waals surface area contributed by atoms with Gasteiger partial charge in [0, 0.05) is 13.1 Å². The fourth-order valence-corrected chi connectivity index (χ4v) is 4.35. The third kappa shape index (κ3) is 4.53. The molecule has 6 heteroatoms. The number of benzene rings is 2. The molecule has 1 amide bonds. The van der Waals surface area contributed by atoms with Crippen LogP contribution in [0.4, 0.5) is 0 Å². The molecule has 150 valence electrons. The van der Waals surface area contributed by atoms with Gasteiger partial charge in [-0.3, -0.25) is 14.2 Å². The molecule has 0 aliphatic heterocycles. The number of fused-ring (bicyclic) bond motifs is 1. The summed E-state index contributed by atoms with van der Waals surface area (Å²) in [6.45, 7) is 3.73. The summed E-state index contributed by atoms with van der Waals surface area (Å²) >= 11 is 1.34. The van der Waals surface area contributed by atoms with Crippen LogP contribution in [0.5, 0.6) is 0 Å². The van der Waals surface area contributed by atoms with Crippen molar-refractivity contribution in [3.8, 4) is 5.69 Å². The second-order valence-corrected chi connectivity index (χ2v) is 8.40. The average molecular weight is 408 g/mol. The van der Waals surface area contributed by atoms with Crippen LogP contribution in [-0.4, -0.2) is 39.2 Å². The molecule has 0 unspecified atom stereocenters. The van der Waals surface area contributed by atoms with Crippen LogP contribution in [0.1, 0.15) is 26.2 Å². The third-order valence-corrected chi connectivity index (χ3v) is 6.03. The van der Waals surface area contributed by atoms with Gasteiger partial charge in [0.1, 0.15) is 0 Å². The molecule has 4 rings (SSSR count). The number of para-hydroxylation sites is 2. The lowest BCUT2D eigenvalue weighted by atomic mass is 10.2. The second-order valence-electron chi connectivity index (χ2n) is 7.46. The topological polar surface area (TPSA) is 55.2 Å². The van der Waals surface area contributed by atoms with Crippen molar-refractivity contribution in [1.29, 1.82) is 0 Å². The number of rotatable bonds is 8. The van der Waals surface area contributed by atoms with Crippen molar-refractivity contribution in [2.75, 3.05) is 18.8 Å². The number of hydrogen-bond acceptors (Lipinski definition) is 4. The molecular formula is C23H25N3O2S. The molecule has 0 saturated heterocycles. The molecule has 0 radical (unpaired) electrons. The summed E-state index contributed by atoms with van der Waals surface area (Å²) in [7, 11) is 0. The van der Waals surface area contributed by atoms with Gasteiger partial charge in [0.05, 0.1) is 22.3 Å². The maximum Gasteiger partial charge on any atom is 0.266 e. The molecule has 29 heavy (non-hydrogen) atoms. The molecule has 1 saturated carbocycles. The minimum absolute atomic E-state index is 0.111. The monoisotopic (exact) mass is 407 g/mol. The van der Waals surface area contributed by atoms with E-state index in [1.54, 1.807) is 10.6 Å². The number of carbonyl (C=O) groups is 1. The first-order valence-electron chi connectivity index (χ1n) is 10.1. The zero-order chi connectivity index (χ0) is 20.2. The first-order valence-corrected chi connectivity index (χ1v) is 11.1. The highest BCUT2D eigenvalue weighted by molar-refractivity contribution is 7.99. The van der Waals surface area contributed by atoms with E-state index in [0.717, 1.165) is 25.2 Å². The largest absolute Gasteiger partial charge is 0.342 e. The number of thioether (sulfide) groups is 1. The summed E-state index contributed by atoms with van der Waals surface area (Å²) < 4.78 is 1.62. The van der Waals surface area contributed by atoms with Gasteiger partial charge in [-0.05, 0) is 49.4 Å². The van der Waals surface area contributed by atoms with Gasteiger partial charge in [-0.15, -0.1) is 0 Å². The van der Waals surface area contributed by atoms with E-state index in [0.29, 0.717) is 22.0 Å². The molecule has 1 aromatic heterocycles. The minimum Gasteiger partial charge on any atom is -0.342 e. The van der Waals surface area contributed by atoms with Crippen LogP contribution in [0.2, 0.25) is 0 Å². The molecule has 0 bridgehead atoms.